The van der Waals surface area contributed by atoms with E-state index < -0.39 is 5.97 Å². The van der Waals surface area contributed by atoms with Crippen molar-refractivity contribution in [2.24, 2.45) is 0 Å². The molecule has 4 nitrogen and oxygen atoms in total. The summed E-state index contributed by atoms with van der Waals surface area (Å²) in [5, 5.41) is 8.99. The van der Waals surface area contributed by atoms with Crippen LogP contribution < -0.4 is 0 Å². The predicted octanol–water partition coefficient (Wildman–Crippen LogP) is 3.27. The van der Waals surface area contributed by atoms with E-state index in [-0.39, 0.29) is 11.3 Å². The molecule has 0 bridgehead atoms. The molecule has 0 spiro atoms. The van der Waals surface area contributed by atoms with Crippen molar-refractivity contribution in [2.45, 2.75) is 13.3 Å². The van der Waals surface area contributed by atoms with Crippen molar-refractivity contribution in [3.05, 3.63) is 57.3 Å². The van der Waals surface area contributed by atoms with Gasteiger partial charge in [0.25, 0.3) is 0 Å². The van der Waals surface area contributed by atoms with Crippen molar-refractivity contribution in [2.75, 3.05) is 0 Å². The van der Waals surface area contributed by atoms with Crippen LogP contribution in [0.1, 0.15) is 39.0 Å². The largest absolute Gasteiger partial charge is 0.478 e. The summed E-state index contributed by atoms with van der Waals surface area (Å²) in [4.78, 5) is 26.2. The van der Waals surface area contributed by atoms with Gasteiger partial charge < -0.3 is 10.1 Å². The first-order valence-corrected chi connectivity index (χ1v) is 6.57. The van der Waals surface area contributed by atoms with Gasteiger partial charge in [-0.25, -0.2) is 4.79 Å². The molecular weight excluding hydrogens is 310 g/mol. The lowest BCUT2D eigenvalue weighted by Gasteiger charge is -2.02. The van der Waals surface area contributed by atoms with Crippen LogP contribution in [0.2, 0.25) is 0 Å². The molecule has 0 amide bonds. The quantitative estimate of drug-likeness (QED) is 0.849. The normalized spacial score (nSPS) is 10.4. The summed E-state index contributed by atoms with van der Waals surface area (Å²) in [5.74, 6) is -1.28. The topological polar surface area (TPSA) is 70.2 Å². The maximum absolute atomic E-state index is 12.3. The van der Waals surface area contributed by atoms with Crippen molar-refractivity contribution >= 4 is 27.7 Å². The van der Waals surface area contributed by atoms with Gasteiger partial charge in [-0.15, -0.1) is 0 Å². The van der Waals surface area contributed by atoms with Crippen molar-refractivity contribution in [1.29, 1.82) is 0 Å². The molecule has 1 aromatic carbocycles. The molecule has 2 aromatic rings. The first kappa shape index (κ1) is 13.5. The van der Waals surface area contributed by atoms with Crippen LogP contribution in [-0.4, -0.2) is 21.8 Å². The fourth-order valence-electron chi connectivity index (χ4n) is 1.78. The molecule has 1 aromatic heterocycles. The van der Waals surface area contributed by atoms with E-state index in [2.05, 4.69) is 20.9 Å². The van der Waals surface area contributed by atoms with Crippen LogP contribution >= 0.6 is 15.9 Å². The Bertz CT molecular complexity index is 646. The number of H-pyrrole nitrogens is 1. The Morgan fingerprint density at radius 2 is 1.89 bits per heavy atom. The van der Waals surface area contributed by atoms with E-state index in [0.717, 1.165) is 12.1 Å². The van der Waals surface area contributed by atoms with Gasteiger partial charge in [0, 0.05) is 15.7 Å². The number of halogens is 1. The number of aromatic carboxylic acids is 1. The third-order valence-corrected chi connectivity index (χ3v) is 3.24. The van der Waals surface area contributed by atoms with E-state index >= 15 is 0 Å². The molecule has 0 saturated heterocycles. The van der Waals surface area contributed by atoms with Crippen LogP contribution in [0.5, 0.6) is 0 Å². The van der Waals surface area contributed by atoms with E-state index in [1.54, 1.807) is 12.1 Å². The molecule has 1 heterocycles. The molecule has 0 aliphatic rings. The van der Waals surface area contributed by atoms with Gasteiger partial charge in [-0.3, -0.25) is 4.79 Å². The fourth-order valence-corrected chi connectivity index (χ4v) is 2.27. The van der Waals surface area contributed by atoms with Crippen LogP contribution in [0.25, 0.3) is 0 Å². The number of carboxylic acid groups (broad SMARTS) is 1. The van der Waals surface area contributed by atoms with Crippen LogP contribution in [0.15, 0.2) is 34.8 Å². The Kier molecular flexibility index (Phi) is 3.85. The number of aromatic nitrogens is 1. The van der Waals surface area contributed by atoms with E-state index in [9.17, 15) is 9.59 Å². The molecule has 0 atom stereocenters. The summed E-state index contributed by atoms with van der Waals surface area (Å²) in [6.07, 6.45) is 0.812. The van der Waals surface area contributed by atoms with E-state index in [4.69, 9.17) is 5.11 Å². The molecule has 0 saturated carbocycles. The standard InChI is InChI=1S/C14H12BrNO3/c1-2-11-3-4-12(16-11)13(17)8-5-9(14(18)19)7-10(15)6-8/h3-7,16H,2H2,1H3,(H,18,19). The number of nitrogens with one attached hydrogen (secondary N) is 1. The van der Waals surface area contributed by atoms with E-state index in [0.29, 0.717) is 15.7 Å². The lowest BCUT2D eigenvalue weighted by Crippen LogP contribution is -2.05. The summed E-state index contributed by atoms with van der Waals surface area (Å²) in [5.41, 5.74) is 1.86. The molecule has 5 heteroatoms. The summed E-state index contributed by atoms with van der Waals surface area (Å²) in [7, 11) is 0. The monoisotopic (exact) mass is 321 g/mol. The van der Waals surface area contributed by atoms with Gasteiger partial charge in [0.05, 0.1) is 11.3 Å². The minimum absolute atomic E-state index is 0.0833. The Hall–Kier alpha value is -1.88. The lowest BCUT2D eigenvalue weighted by molar-refractivity contribution is 0.0697. The number of aryl methyl sites for hydroxylation is 1. The lowest BCUT2D eigenvalue weighted by atomic mass is 10.1. The van der Waals surface area contributed by atoms with Crippen LogP contribution in [0, 0.1) is 0 Å². The highest BCUT2D eigenvalue weighted by Gasteiger charge is 2.14. The molecule has 0 aliphatic carbocycles. The van der Waals surface area contributed by atoms with Crippen LogP contribution in [0.3, 0.4) is 0 Å². The highest BCUT2D eigenvalue weighted by atomic mass is 79.9. The smallest absolute Gasteiger partial charge is 0.335 e. The average molecular weight is 322 g/mol. The average Bonchev–Trinajstić information content (AvgIpc) is 2.85. The first-order chi connectivity index (χ1) is 9.01. The maximum Gasteiger partial charge on any atom is 0.335 e. The van der Waals surface area contributed by atoms with E-state index in [1.165, 1.54) is 12.1 Å². The first-order valence-electron chi connectivity index (χ1n) is 5.77. The Morgan fingerprint density at radius 1 is 1.21 bits per heavy atom. The minimum atomic E-state index is -1.06. The summed E-state index contributed by atoms with van der Waals surface area (Å²) in [6, 6.07) is 8.01. The third-order valence-electron chi connectivity index (χ3n) is 2.78. The van der Waals surface area contributed by atoms with Crippen molar-refractivity contribution in [1.82, 2.24) is 4.98 Å². The summed E-state index contributed by atoms with van der Waals surface area (Å²) in [6.45, 7) is 1.99. The molecular formula is C14H12BrNO3. The fraction of sp³-hybridized carbons (Fsp3) is 0.143. The van der Waals surface area contributed by atoms with Crippen LogP contribution in [-0.2, 0) is 6.42 Å². The van der Waals surface area contributed by atoms with Gasteiger partial charge in [-0.05, 0) is 36.8 Å². The van der Waals surface area contributed by atoms with E-state index in [1.807, 2.05) is 13.0 Å². The number of ketones is 1. The van der Waals surface area contributed by atoms with Gasteiger partial charge in [-0.1, -0.05) is 22.9 Å². The zero-order valence-electron chi connectivity index (χ0n) is 10.2. The van der Waals surface area contributed by atoms with Gasteiger partial charge in [-0.2, -0.15) is 0 Å². The molecule has 0 aliphatic heterocycles. The Labute approximate surface area is 118 Å². The van der Waals surface area contributed by atoms with Crippen LogP contribution in [0.4, 0.5) is 0 Å². The van der Waals surface area contributed by atoms with Gasteiger partial charge in [0.2, 0.25) is 5.78 Å². The zero-order chi connectivity index (χ0) is 14.0. The molecule has 2 N–H and O–H groups in total. The highest BCUT2D eigenvalue weighted by Crippen LogP contribution is 2.19. The third kappa shape index (κ3) is 2.93. The molecule has 0 radical (unpaired) electrons. The number of carboxylic acids is 1. The van der Waals surface area contributed by atoms with Crippen molar-refractivity contribution in [3.8, 4) is 0 Å². The van der Waals surface area contributed by atoms with Gasteiger partial charge in [0.1, 0.15) is 0 Å². The second-order valence-electron chi connectivity index (χ2n) is 4.11. The van der Waals surface area contributed by atoms with Gasteiger partial charge in [0.15, 0.2) is 0 Å². The highest BCUT2D eigenvalue weighted by molar-refractivity contribution is 9.10. The van der Waals surface area contributed by atoms with Crippen molar-refractivity contribution in [3.63, 3.8) is 0 Å². The summed E-state index contributed by atoms with van der Waals surface area (Å²) >= 11 is 3.22. The minimum Gasteiger partial charge on any atom is -0.478 e. The molecule has 2 rings (SSSR count). The SMILES string of the molecule is CCc1ccc(C(=O)c2cc(Br)cc(C(=O)O)c2)[nH]1. The second kappa shape index (κ2) is 5.40. The molecule has 98 valence electrons. The molecule has 0 fully saturated rings. The number of carbonyl (C=O) groups excluding carboxylic acids is 1. The molecule has 0 unspecified atom stereocenters. The molecule has 19 heavy (non-hydrogen) atoms. The number of carbonyl (C=O) groups is 2. The summed E-state index contributed by atoms with van der Waals surface area (Å²) < 4.78 is 0.568. The van der Waals surface area contributed by atoms with Gasteiger partial charge >= 0.3 is 5.97 Å². The number of benzene rings is 1. The van der Waals surface area contributed by atoms with Crippen molar-refractivity contribution < 1.29 is 14.7 Å². The Morgan fingerprint density at radius 3 is 2.47 bits per heavy atom. The Balaban J connectivity index is 2.40. The number of rotatable bonds is 4. The maximum atomic E-state index is 12.3. The number of aromatic amines is 1. The zero-order valence-corrected chi connectivity index (χ0v) is 11.8. The number of hydrogen-bond acceptors (Lipinski definition) is 2. The second-order valence-corrected chi connectivity index (χ2v) is 5.03. The number of hydrogen-bond donors (Lipinski definition) is 2. The predicted molar refractivity (Wildman–Crippen MR) is 74.7 cm³/mol.